The van der Waals surface area contributed by atoms with Crippen LogP contribution in [-0.2, 0) is 6.54 Å². The summed E-state index contributed by atoms with van der Waals surface area (Å²) in [5.74, 6) is 2.04. The summed E-state index contributed by atoms with van der Waals surface area (Å²) in [6.45, 7) is 2.99. The summed E-state index contributed by atoms with van der Waals surface area (Å²) in [5, 5.41) is 10.1. The minimum Gasteiger partial charge on any atom is -1.00 e. The standard InChI is InChI=1S/C26H48NOS.HI/c1-2-3-4-5-6-7-8-9-10-11-12-13-14-15-16-20-23-29-25-26(28)24-27-21-18-17-19-22-27;/h17-19,21-22,26,28H,2-16,20,23-25H2,1H3;1H/q+1;/p-1. The molecule has 0 amide bonds. The van der Waals surface area contributed by atoms with Crippen molar-refractivity contribution in [3.05, 3.63) is 30.6 Å². The van der Waals surface area contributed by atoms with E-state index in [0.717, 1.165) is 5.75 Å². The van der Waals surface area contributed by atoms with Gasteiger partial charge in [-0.3, -0.25) is 0 Å². The third kappa shape index (κ3) is 20.1. The number of thioether (sulfide) groups is 1. The minimum absolute atomic E-state index is 0. The normalized spacial score (nSPS) is 11.9. The van der Waals surface area contributed by atoms with E-state index in [2.05, 4.69) is 11.5 Å². The van der Waals surface area contributed by atoms with Crippen LogP contribution in [0.25, 0.3) is 0 Å². The Morgan fingerprint density at radius 1 is 0.667 bits per heavy atom. The SMILES string of the molecule is CCCCCCCCCCCCCCCCCCSCC(O)C[n+]1ccccc1.[I-]. The lowest BCUT2D eigenvalue weighted by Gasteiger charge is -2.07. The zero-order valence-corrected chi connectivity index (χ0v) is 22.6. The fourth-order valence-electron chi connectivity index (χ4n) is 3.82. The first-order chi connectivity index (χ1) is 14.3. The molecular formula is C26H48INOS. The molecule has 0 radical (unpaired) electrons. The Morgan fingerprint density at radius 2 is 1.10 bits per heavy atom. The number of halogens is 1. The van der Waals surface area contributed by atoms with Gasteiger partial charge in [0.2, 0.25) is 0 Å². The van der Waals surface area contributed by atoms with E-state index in [-0.39, 0.29) is 30.1 Å². The highest BCUT2D eigenvalue weighted by Crippen LogP contribution is 2.14. The second-order valence-corrected chi connectivity index (χ2v) is 9.75. The summed E-state index contributed by atoms with van der Waals surface area (Å²) < 4.78 is 2.06. The molecule has 4 heteroatoms. The van der Waals surface area contributed by atoms with Crippen molar-refractivity contribution in [1.29, 1.82) is 0 Å². The van der Waals surface area contributed by atoms with Gasteiger partial charge in [-0.05, 0) is 12.2 Å². The highest BCUT2D eigenvalue weighted by atomic mass is 127. The van der Waals surface area contributed by atoms with Gasteiger partial charge in [0, 0.05) is 17.9 Å². The van der Waals surface area contributed by atoms with Gasteiger partial charge in [0.25, 0.3) is 0 Å². The molecule has 0 aromatic carbocycles. The molecule has 0 saturated heterocycles. The first-order valence-electron chi connectivity index (χ1n) is 12.5. The van der Waals surface area contributed by atoms with Gasteiger partial charge in [-0.25, -0.2) is 4.57 Å². The molecular weight excluding hydrogens is 501 g/mol. The number of pyridine rings is 1. The zero-order valence-electron chi connectivity index (χ0n) is 19.6. The zero-order chi connectivity index (χ0) is 20.8. The van der Waals surface area contributed by atoms with Gasteiger partial charge in [-0.1, -0.05) is 109 Å². The van der Waals surface area contributed by atoms with Crippen LogP contribution in [0.2, 0.25) is 0 Å². The number of hydrogen-bond donors (Lipinski definition) is 1. The Hall–Kier alpha value is 0.190. The predicted octanol–water partition coefficient (Wildman–Crippen LogP) is 4.33. The van der Waals surface area contributed by atoms with Gasteiger partial charge < -0.3 is 29.1 Å². The van der Waals surface area contributed by atoms with E-state index in [1.807, 2.05) is 42.4 Å². The van der Waals surface area contributed by atoms with Crippen molar-refractivity contribution in [3.8, 4) is 0 Å². The first kappa shape index (κ1) is 30.2. The first-order valence-corrected chi connectivity index (χ1v) is 13.7. The highest BCUT2D eigenvalue weighted by Gasteiger charge is 2.09. The lowest BCUT2D eigenvalue weighted by molar-refractivity contribution is -0.702. The van der Waals surface area contributed by atoms with Gasteiger partial charge in [0.15, 0.2) is 18.9 Å². The summed E-state index contributed by atoms with van der Waals surface area (Å²) >= 11 is 1.90. The Morgan fingerprint density at radius 3 is 1.57 bits per heavy atom. The average molecular weight is 550 g/mol. The van der Waals surface area contributed by atoms with Gasteiger partial charge in [-0.15, -0.1) is 0 Å². The van der Waals surface area contributed by atoms with Gasteiger partial charge in [-0.2, -0.15) is 11.8 Å². The fraction of sp³-hybridized carbons (Fsp3) is 0.808. The van der Waals surface area contributed by atoms with Crippen molar-refractivity contribution in [3.63, 3.8) is 0 Å². The predicted molar refractivity (Wildman–Crippen MR) is 130 cm³/mol. The molecule has 0 fully saturated rings. The van der Waals surface area contributed by atoms with E-state index >= 15 is 0 Å². The summed E-state index contributed by atoms with van der Waals surface area (Å²) in [6.07, 6.45) is 26.6. The molecule has 0 spiro atoms. The molecule has 1 aromatic heterocycles. The van der Waals surface area contributed by atoms with Gasteiger partial charge in [0.05, 0.1) is 0 Å². The molecule has 176 valence electrons. The third-order valence-corrected chi connectivity index (χ3v) is 6.85. The molecule has 30 heavy (non-hydrogen) atoms. The summed E-state index contributed by atoms with van der Waals surface area (Å²) in [7, 11) is 0. The minimum atomic E-state index is -0.242. The summed E-state index contributed by atoms with van der Waals surface area (Å²) in [6, 6.07) is 6.03. The molecule has 0 saturated carbocycles. The van der Waals surface area contributed by atoms with Crippen molar-refractivity contribution in [2.45, 2.75) is 122 Å². The van der Waals surface area contributed by atoms with Crippen molar-refractivity contribution in [1.82, 2.24) is 0 Å². The van der Waals surface area contributed by atoms with Crippen molar-refractivity contribution in [2.24, 2.45) is 0 Å². The lowest BCUT2D eigenvalue weighted by Crippen LogP contribution is -3.00. The number of aliphatic hydroxyl groups is 1. The Kier molecular flexibility index (Phi) is 24.0. The molecule has 0 aliphatic carbocycles. The Balaban J connectivity index is 0.00000841. The van der Waals surface area contributed by atoms with Gasteiger partial charge >= 0.3 is 0 Å². The molecule has 1 N–H and O–H groups in total. The van der Waals surface area contributed by atoms with E-state index in [1.165, 1.54) is 108 Å². The van der Waals surface area contributed by atoms with Crippen LogP contribution in [-0.4, -0.2) is 22.7 Å². The average Bonchev–Trinajstić information content (AvgIpc) is 2.73. The van der Waals surface area contributed by atoms with Crippen LogP contribution in [0.3, 0.4) is 0 Å². The number of unbranched alkanes of at least 4 members (excludes halogenated alkanes) is 15. The van der Waals surface area contributed by atoms with E-state index in [4.69, 9.17) is 0 Å². The molecule has 1 atom stereocenters. The summed E-state index contributed by atoms with van der Waals surface area (Å²) in [4.78, 5) is 0. The Bertz CT molecular complexity index is 446. The quantitative estimate of drug-likeness (QED) is 0.140. The van der Waals surface area contributed by atoms with Crippen LogP contribution in [0.15, 0.2) is 30.6 Å². The second kappa shape index (κ2) is 23.8. The molecule has 1 unspecified atom stereocenters. The molecule has 0 aliphatic heterocycles. The topological polar surface area (TPSA) is 24.1 Å². The monoisotopic (exact) mass is 549 g/mol. The molecule has 2 nitrogen and oxygen atoms in total. The lowest BCUT2D eigenvalue weighted by atomic mass is 10.0. The third-order valence-electron chi connectivity index (χ3n) is 5.65. The molecule has 1 rings (SSSR count). The molecule has 1 heterocycles. The van der Waals surface area contributed by atoms with Crippen LogP contribution < -0.4 is 28.5 Å². The van der Waals surface area contributed by atoms with Crippen molar-refractivity contribution < 1.29 is 33.7 Å². The second-order valence-electron chi connectivity index (χ2n) is 8.60. The van der Waals surface area contributed by atoms with E-state index in [9.17, 15) is 5.11 Å². The largest absolute Gasteiger partial charge is 1.00 e. The molecule has 1 aromatic rings. The number of hydrogen-bond acceptors (Lipinski definition) is 2. The number of rotatable bonds is 21. The summed E-state index contributed by atoms with van der Waals surface area (Å²) in [5.41, 5.74) is 0. The van der Waals surface area contributed by atoms with Crippen molar-refractivity contribution >= 4 is 11.8 Å². The van der Waals surface area contributed by atoms with Crippen LogP contribution in [0.4, 0.5) is 0 Å². The Labute approximate surface area is 209 Å². The maximum atomic E-state index is 10.1. The number of aromatic nitrogens is 1. The van der Waals surface area contributed by atoms with E-state index < -0.39 is 0 Å². The maximum Gasteiger partial charge on any atom is 0.174 e. The van der Waals surface area contributed by atoms with Crippen LogP contribution in [0, 0.1) is 0 Å². The molecule has 0 aliphatic rings. The van der Waals surface area contributed by atoms with Crippen molar-refractivity contribution in [2.75, 3.05) is 11.5 Å². The van der Waals surface area contributed by atoms with Crippen LogP contribution >= 0.6 is 11.8 Å². The number of nitrogens with zero attached hydrogens (tertiary/aromatic N) is 1. The van der Waals surface area contributed by atoms with E-state index in [1.54, 1.807) is 0 Å². The smallest absolute Gasteiger partial charge is 0.174 e. The maximum absolute atomic E-state index is 10.1. The highest BCUT2D eigenvalue weighted by molar-refractivity contribution is 7.99. The van der Waals surface area contributed by atoms with E-state index in [0.29, 0.717) is 6.54 Å². The molecule has 0 bridgehead atoms. The van der Waals surface area contributed by atoms with Crippen LogP contribution in [0.5, 0.6) is 0 Å². The number of aliphatic hydroxyl groups excluding tert-OH is 1. The fourth-order valence-corrected chi connectivity index (χ4v) is 4.78. The van der Waals surface area contributed by atoms with Crippen LogP contribution in [0.1, 0.15) is 110 Å². The van der Waals surface area contributed by atoms with Gasteiger partial charge in [0.1, 0.15) is 6.10 Å².